The van der Waals surface area contributed by atoms with Crippen molar-refractivity contribution in [3.63, 3.8) is 0 Å². The van der Waals surface area contributed by atoms with Gasteiger partial charge in [-0.1, -0.05) is 12.1 Å². The molecule has 0 bridgehead atoms. The summed E-state index contributed by atoms with van der Waals surface area (Å²) < 4.78 is 4.89. The fourth-order valence-corrected chi connectivity index (χ4v) is 1.72. The molecule has 0 saturated carbocycles. The molecule has 0 aliphatic rings. The van der Waals surface area contributed by atoms with Crippen LogP contribution in [0.1, 0.15) is 13.3 Å². The summed E-state index contributed by atoms with van der Waals surface area (Å²) >= 11 is 0. The molecule has 1 aromatic carbocycles. The van der Waals surface area contributed by atoms with Crippen LogP contribution in [0.2, 0.25) is 0 Å². The number of hydrogen-bond donors (Lipinski definition) is 1. The van der Waals surface area contributed by atoms with Gasteiger partial charge in [-0.15, -0.1) is 0 Å². The molecule has 0 radical (unpaired) electrons. The molecule has 0 aliphatic carbocycles. The fourth-order valence-electron chi connectivity index (χ4n) is 1.72. The van der Waals surface area contributed by atoms with E-state index in [4.69, 9.17) is 4.74 Å². The number of rotatable bonds is 5. The van der Waals surface area contributed by atoms with Crippen molar-refractivity contribution < 1.29 is 9.53 Å². The molecule has 0 amide bonds. The second kappa shape index (κ2) is 5.53. The highest BCUT2D eigenvalue weighted by atomic mass is 16.5. The summed E-state index contributed by atoms with van der Waals surface area (Å²) in [5, 5.41) is 0. The summed E-state index contributed by atoms with van der Waals surface area (Å²) in [4.78, 5) is 20.9. The fraction of sp³-hybridized carbons (Fsp3) is 0.385. The van der Waals surface area contributed by atoms with Gasteiger partial charge in [0.15, 0.2) is 0 Å². The molecule has 0 unspecified atom stereocenters. The van der Waals surface area contributed by atoms with Crippen LogP contribution in [0, 0.1) is 0 Å². The lowest BCUT2D eigenvalue weighted by atomic mass is 10.3. The number of carbonyl (C=O) groups is 1. The molecule has 2 aromatic rings. The Morgan fingerprint density at radius 3 is 2.94 bits per heavy atom. The molecular weight excluding hydrogens is 230 g/mol. The molecule has 0 spiro atoms. The van der Waals surface area contributed by atoms with E-state index in [1.807, 2.05) is 36.2 Å². The predicted molar refractivity (Wildman–Crippen MR) is 70.6 cm³/mol. The van der Waals surface area contributed by atoms with Gasteiger partial charge in [0.05, 0.1) is 24.1 Å². The number of nitrogens with one attached hydrogen (secondary N) is 1. The number of nitrogens with zero attached hydrogens (tertiary/aromatic N) is 2. The van der Waals surface area contributed by atoms with E-state index in [1.165, 1.54) is 0 Å². The summed E-state index contributed by atoms with van der Waals surface area (Å²) in [6, 6.07) is 7.84. The topological polar surface area (TPSA) is 58.2 Å². The normalized spacial score (nSPS) is 10.6. The van der Waals surface area contributed by atoms with Crippen LogP contribution in [0.25, 0.3) is 11.0 Å². The van der Waals surface area contributed by atoms with Gasteiger partial charge in [-0.3, -0.25) is 4.79 Å². The first-order chi connectivity index (χ1) is 8.70. The summed E-state index contributed by atoms with van der Waals surface area (Å²) in [5.41, 5.74) is 1.92. The molecular formula is C13H17N3O2. The van der Waals surface area contributed by atoms with E-state index in [-0.39, 0.29) is 5.97 Å². The molecule has 96 valence electrons. The predicted octanol–water partition coefficient (Wildman–Crippen LogP) is 1.95. The van der Waals surface area contributed by atoms with Crippen LogP contribution >= 0.6 is 0 Å². The lowest BCUT2D eigenvalue weighted by molar-refractivity contribution is -0.142. The number of H-pyrrole nitrogens is 1. The molecule has 0 aliphatic heterocycles. The van der Waals surface area contributed by atoms with Crippen LogP contribution < -0.4 is 4.90 Å². The quantitative estimate of drug-likeness (QED) is 0.820. The number of hydrogen-bond acceptors (Lipinski definition) is 4. The number of benzene rings is 1. The minimum Gasteiger partial charge on any atom is -0.466 e. The van der Waals surface area contributed by atoms with E-state index in [2.05, 4.69) is 9.97 Å². The summed E-state index contributed by atoms with van der Waals surface area (Å²) in [7, 11) is 1.90. The number of para-hydroxylation sites is 2. The van der Waals surface area contributed by atoms with Crippen molar-refractivity contribution in [3.8, 4) is 0 Å². The van der Waals surface area contributed by atoms with E-state index in [0.29, 0.717) is 19.6 Å². The van der Waals surface area contributed by atoms with Crippen LogP contribution in [0.5, 0.6) is 0 Å². The number of carbonyl (C=O) groups excluding carboxylic acids is 1. The van der Waals surface area contributed by atoms with Gasteiger partial charge in [0.2, 0.25) is 5.95 Å². The van der Waals surface area contributed by atoms with Crippen LogP contribution in [0.4, 0.5) is 5.95 Å². The van der Waals surface area contributed by atoms with Crippen molar-refractivity contribution in [1.82, 2.24) is 9.97 Å². The average molecular weight is 247 g/mol. The second-order valence-corrected chi connectivity index (χ2v) is 4.05. The number of esters is 1. The number of imidazole rings is 1. The second-order valence-electron chi connectivity index (χ2n) is 4.05. The third-order valence-electron chi connectivity index (χ3n) is 2.70. The zero-order chi connectivity index (χ0) is 13.0. The standard InChI is InChI=1S/C13H17N3O2/c1-3-18-12(17)8-9-16(2)13-14-10-6-4-5-7-11(10)15-13/h4-7H,3,8-9H2,1-2H3,(H,14,15). The smallest absolute Gasteiger partial charge is 0.307 e. The molecule has 0 atom stereocenters. The Morgan fingerprint density at radius 1 is 1.44 bits per heavy atom. The van der Waals surface area contributed by atoms with E-state index in [1.54, 1.807) is 6.92 Å². The van der Waals surface area contributed by atoms with Crippen molar-refractivity contribution >= 4 is 23.0 Å². The van der Waals surface area contributed by atoms with Gasteiger partial charge < -0.3 is 14.6 Å². The number of anilines is 1. The first kappa shape index (κ1) is 12.4. The maximum Gasteiger partial charge on any atom is 0.307 e. The summed E-state index contributed by atoms with van der Waals surface area (Å²) in [6.45, 7) is 2.81. The van der Waals surface area contributed by atoms with Crippen molar-refractivity contribution in [3.05, 3.63) is 24.3 Å². The highest BCUT2D eigenvalue weighted by Crippen LogP contribution is 2.15. The van der Waals surface area contributed by atoms with Crippen LogP contribution in [0.15, 0.2) is 24.3 Å². The van der Waals surface area contributed by atoms with E-state index >= 15 is 0 Å². The van der Waals surface area contributed by atoms with Crippen molar-refractivity contribution in [2.75, 3.05) is 25.1 Å². The maximum absolute atomic E-state index is 11.3. The number of aromatic nitrogens is 2. The summed E-state index contributed by atoms with van der Waals surface area (Å²) in [6.07, 6.45) is 0.362. The molecule has 1 N–H and O–H groups in total. The highest BCUT2D eigenvalue weighted by molar-refractivity contribution is 5.77. The first-order valence-electron chi connectivity index (χ1n) is 6.02. The van der Waals surface area contributed by atoms with Gasteiger partial charge in [-0.2, -0.15) is 0 Å². The van der Waals surface area contributed by atoms with Crippen LogP contribution in [-0.4, -0.2) is 36.1 Å². The molecule has 2 rings (SSSR count). The van der Waals surface area contributed by atoms with E-state index in [0.717, 1.165) is 17.0 Å². The highest BCUT2D eigenvalue weighted by Gasteiger charge is 2.09. The lowest BCUT2D eigenvalue weighted by Crippen LogP contribution is -2.22. The molecule has 5 nitrogen and oxygen atoms in total. The van der Waals surface area contributed by atoms with Crippen molar-refractivity contribution in [2.45, 2.75) is 13.3 Å². The van der Waals surface area contributed by atoms with Crippen molar-refractivity contribution in [2.24, 2.45) is 0 Å². The van der Waals surface area contributed by atoms with Gasteiger partial charge in [0.1, 0.15) is 0 Å². The minimum absolute atomic E-state index is 0.180. The largest absolute Gasteiger partial charge is 0.466 e. The Labute approximate surface area is 106 Å². The Balaban J connectivity index is 2.00. The summed E-state index contributed by atoms with van der Waals surface area (Å²) in [5.74, 6) is 0.584. The molecule has 18 heavy (non-hydrogen) atoms. The molecule has 5 heteroatoms. The monoisotopic (exact) mass is 247 g/mol. The van der Waals surface area contributed by atoms with E-state index in [9.17, 15) is 4.79 Å². The minimum atomic E-state index is -0.180. The zero-order valence-electron chi connectivity index (χ0n) is 10.6. The zero-order valence-corrected chi connectivity index (χ0v) is 10.6. The number of ether oxygens (including phenoxy) is 1. The molecule has 0 saturated heterocycles. The molecule has 1 aromatic heterocycles. The first-order valence-corrected chi connectivity index (χ1v) is 6.02. The Hall–Kier alpha value is -2.04. The van der Waals surface area contributed by atoms with Gasteiger partial charge in [-0.05, 0) is 19.1 Å². The Bertz CT molecular complexity index is 503. The average Bonchev–Trinajstić information content (AvgIpc) is 2.80. The Morgan fingerprint density at radius 2 is 2.22 bits per heavy atom. The van der Waals surface area contributed by atoms with Gasteiger partial charge in [0, 0.05) is 13.6 Å². The number of aromatic amines is 1. The van der Waals surface area contributed by atoms with Crippen molar-refractivity contribution in [1.29, 1.82) is 0 Å². The van der Waals surface area contributed by atoms with Gasteiger partial charge in [0.25, 0.3) is 0 Å². The Kier molecular flexibility index (Phi) is 3.82. The molecule has 1 heterocycles. The van der Waals surface area contributed by atoms with Crippen LogP contribution in [-0.2, 0) is 9.53 Å². The van der Waals surface area contributed by atoms with E-state index < -0.39 is 0 Å². The third kappa shape index (κ3) is 2.80. The molecule has 0 fully saturated rings. The number of fused-ring (bicyclic) bond motifs is 1. The van der Waals surface area contributed by atoms with Gasteiger partial charge in [-0.25, -0.2) is 4.98 Å². The SMILES string of the molecule is CCOC(=O)CCN(C)c1nc2ccccc2[nH]1. The maximum atomic E-state index is 11.3. The van der Waals surface area contributed by atoms with Crippen LogP contribution in [0.3, 0.4) is 0 Å². The third-order valence-corrected chi connectivity index (χ3v) is 2.70. The van der Waals surface area contributed by atoms with Gasteiger partial charge >= 0.3 is 5.97 Å². The lowest BCUT2D eigenvalue weighted by Gasteiger charge is -2.14.